The van der Waals surface area contributed by atoms with Gasteiger partial charge in [-0.05, 0) is 17.5 Å². The van der Waals surface area contributed by atoms with Gasteiger partial charge in [-0.3, -0.25) is 4.98 Å². The van der Waals surface area contributed by atoms with Crippen LogP contribution in [-0.4, -0.2) is 4.98 Å². The Balaban J connectivity index is 2.75. The maximum atomic E-state index is 6.30. The molecule has 1 aromatic carbocycles. The highest BCUT2D eigenvalue weighted by atomic mass is 35.5. The second-order valence-corrected chi connectivity index (χ2v) is 4.08. The molecule has 0 unspecified atom stereocenters. The summed E-state index contributed by atoms with van der Waals surface area (Å²) in [7, 11) is 0. The van der Waals surface area contributed by atoms with Gasteiger partial charge in [0.15, 0.2) is 0 Å². The van der Waals surface area contributed by atoms with E-state index >= 15 is 0 Å². The van der Waals surface area contributed by atoms with E-state index < -0.39 is 0 Å². The molecule has 1 nitrogen and oxygen atoms in total. The molecule has 72 valence electrons. The number of benzene rings is 1. The van der Waals surface area contributed by atoms with Crippen molar-refractivity contribution in [1.82, 2.24) is 4.98 Å². The summed E-state index contributed by atoms with van der Waals surface area (Å²) < 4.78 is 0. The quantitative estimate of drug-likeness (QED) is 0.686. The van der Waals surface area contributed by atoms with Crippen LogP contribution in [0.5, 0.6) is 0 Å². The number of rotatable bonds is 1. The first kappa shape index (κ1) is 9.47. The molecule has 0 saturated heterocycles. The number of pyridine rings is 1. The van der Waals surface area contributed by atoms with Crippen molar-refractivity contribution in [2.24, 2.45) is 0 Å². The minimum Gasteiger partial charge on any atom is -0.256 e. The van der Waals surface area contributed by atoms with Gasteiger partial charge in [0.25, 0.3) is 0 Å². The van der Waals surface area contributed by atoms with E-state index in [0.717, 1.165) is 21.5 Å². The van der Waals surface area contributed by atoms with Crippen LogP contribution >= 0.6 is 11.6 Å². The standard InChI is InChI=1S/C12H12ClN/c1-8(2)10-7-14-11-6-4-3-5-9(11)12(10)13/h3-8H,1-2H3. The summed E-state index contributed by atoms with van der Waals surface area (Å²) in [6.45, 7) is 4.25. The molecule has 0 amide bonds. The van der Waals surface area contributed by atoms with Crippen LogP contribution in [0.2, 0.25) is 5.02 Å². The number of para-hydroxylation sites is 1. The summed E-state index contributed by atoms with van der Waals surface area (Å²) in [5.74, 6) is 0.416. The lowest BCUT2D eigenvalue weighted by molar-refractivity contribution is 0.862. The minimum absolute atomic E-state index is 0.416. The Kier molecular flexibility index (Phi) is 2.42. The van der Waals surface area contributed by atoms with E-state index in [1.54, 1.807) is 0 Å². The second kappa shape index (κ2) is 3.58. The highest BCUT2D eigenvalue weighted by Gasteiger charge is 2.08. The van der Waals surface area contributed by atoms with Gasteiger partial charge in [0.05, 0.1) is 10.5 Å². The summed E-state index contributed by atoms with van der Waals surface area (Å²) in [5.41, 5.74) is 2.08. The third-order valence-electron chi connectivity index (χ3n) is 2.36. The van der Waals surface area contributed by atoms with Crippen molar-refractivity contribution < 1.29 is 0 Å². The van der Waals surface area contributed by atoms with Gasteiger partial charge in [-0.25, -0.2) is 0 Å². The van der Waals surface area contributed by atoms with Gasteiger partial charge in [0, 0.05) is 11.6 Å². The molecule has 2 rings (SSSR count). The topological polar surface area (TPSA) is 12.9 Å². The number of hydrogen-bond acceptors (Lipinski definition) is 1. The van der Waals surface area contributed by atoms with Gasteiger partial charge in [-0.2, -0.15) is 0 Å². The molecule has 0 radical (unpaired) electrons. The first-order chi connectivity index (χ1) is 6.70. The smallest absolute Gasteiger partial charge is 0.0717 e. The Hall–Kier alpha value is -1.08. The molecule has 2 aromatic rings. The average Bonchev–Trinajstić information content (AvgIpc) is 2.18. The predicted octanol–water partition coefficient (Wildman–Crippen LogP) is 4.01. The van der Waals surface area contributed by atoms with Crippen LogP contribution in [0, 0.1) is 0 Å². The summed E-state index contributed by atoms with van der Waals surface area (Å²) >= 11 is 6.30. The Labute approximate surface area is 88.7 Å². The minimum atomic E-state index is 0.416. The van der Waals surface area contributed by atoms with Crippen molar-refractivity contribution >= 4 is 22.5 Å². The molecule has 0 atom stereocenters. The van der Waals surface area contributed by atoms with Crippen molar-refractivity contribution in [2.75, 3.05) is 0 Å². The molecule has 0 saturated carbocycles. The molecule has 1 aromatic heterocycles. The van der Waals surface area contributed by atoms with Crippen LogP contribution < -0.4 is 0 Å². The van der Waals surface area contributed by atoms with Crippen LogP contribution in [0.15, 0.2) is 30.5 Å². The fraction of sp³-hybridized carbons (Fsp3) is 0.250. The highest BCUT2D eigenvalue weighted by molar-refractivity contribution is 6.36. The van der Waals surface area contributed by atoms with Crippen LogP contribution in [0.25, 0.3) is 10.9 Å². The number of hydrogen-bond donors (Lipinski definition) is 0. The zero-order chi connectivity index (χ0) is 10.1. The lowest BCUT2D eigenvalue weighted by Gasteiger charge is -2.09. The number of fused-ring (bicyclic) bond motifs is 1. The van der Waals surface area contributed by atoms with Gasteiger partial charge in [-0.15, -0.1) is 0 Å². The first-order valence-corrected chi connectivity index (χ1v) is 5.11. The predicted molar refractivity (Wildman–Crippen MR) is 60.8 cm³/mol. The van der Waals surface area contributed by atoms with Crippen LogP contribution in [0.4, 0.5) is 0 Å². The summed E-state index contributed by atoms with van der Waals surface area (Å²) in [4.78, 5) is 4.38. The Morgan fingerprint density at radius 1 is 1.21 bits per heavy atom. The normalized spacial score (nSPS) is 11.1. The number of nitrogens with zero attached hydrogens (tertiary/aromatic N) is 1. The largest absolute Gasteiger partial charge is 0.256 e. The van der Waals surface area contributed by atoms with Crippen LogP contribution in [0.3, 0.4) is 0 Å². The molecule has 2 heteroatoms. The van der Waals surface area contributed by atoms with Crippen molar-refractivity contribution in [3.8, 4) is 0 Å². The Bertz CT molecular complexity index is 463. The molecular weight excluding hydrogens is 194 g/mol. The van der Waals surface area contributed by atoms with Crippen LogP contribution in [0.1, 0.15) is 25.3 Å². The van der Waals surface area contributed by atoms with E-state index in [4.69, 9.17) is 11.6 Å². The third-order valence-corrected chi connectivity index (χ3v) is 2.78. The molecular formula is C12H12ClN. The maximum Gasteiger partial charge on any atom is 0.0717 e. The van der Waals surface area contributed by atoms with E-state index in [9.17, 15) is 0 Å². The SMILES string of the molecule is CC(C)c1cnc2ccccc2c1Cl. The molecule has 0 N–H and O–H groups in total. The van der Waals surface area contributed by atoms with Gasteiger partial charge in [0.2, 0.25) is 0 Å². The molecule has 0 aliphatic carbocycles. The molecule has 14 heavy (non-hydrogen) atoms. The second-order valence-electron chi connectivity index (χ2n) is 3.70. The third kappa shape index (κ3) is 1.48. The number of aromatic nitrogens is 1. The zero-order valence-corrected chi connectivity index (χ0v) is 9.05. The number of halogens is 1. The summed E-state index contributed by atoms with van der Waals surface area (Å²) in [6, 6.07) is 7.95. The lowest BCUT2D eigenvalue weighted by Crippen LogP contribution is -1.91. The Morgan fingerprint density at radius 3 is 2.64 bits per heavy atom. The van der Waals surface area contributed by atoms with E-state index in [2.05, 4.69) is 18.8 Å². The fourth-order valence-electron chi connectivity index (χ4n) is 1.53. The van der Waals surface area contributed by atoms with Gasteiger partial charge in [0.1, 0.15) is 0 Å². The van der Waals surface area contributed by atoms with Crippen LogP contribution in [-0.2, 0) is 0 Å². The highest BCUT2D eigenvalue weighted by Crippen LogP contribution is 2.29. The van der Waals surface area contributed by atoms with E-state index in [1.165, 1.54) is 0 Å². The van der Waals surface area contributed by atoms with Gasteiger partial charge in [-0.1, -0.05) is 43.6 Å². The average molecular weight is 206 g/mol. The van der Waals surface area contributed by atoms with Crippen molar-refractivity contribution in [2.45, 2.75) is 19.8 Å². The van der Waals surface area contributed by atoms with E-state index in [0.29, 0.717) is 5.92 Å². The Morgan fingerprint density at radius 2 is 1.93 bits per heavy atom. The zero-order valence-electron chi connectivity index (χ0n) is 8.29. The van der Waals surface area contributed by atoms with Gasteiger partial charge >= 0.3 is 0 Å². The van der Waals surface area contributed by atoms with E-state index in [-0.39, 0.29) is 0 Å². The molecule has 0 aliphatic heterocycles. The summed E-state index contributed by atoms with van der Waals surface area (Å²) in [5, 5.41) is 1.88. The maximum absolute atomic E-state index is 6.30. The monoisotopic (exact) mass is 205 g/mol. The molecule has 0 fully saturated rings. The van der Waals surface area contributed by atoms with Gasteiger partial charge < -0.3 is 0 Å². The lowest BCUT2D eigenvalue weighted by atomic mass is 10.0. The molecule has 0 bridgehead atoms. The molecule has 0 aliphatic rings. The van der Waals surface area contributed by atoms with Crippen molar-refractivity contribution in [3.63, 3.8) is 0 Å². The van der Waals surface area contributed by atoms with Crippen molar-refractivity contribution in [3.05, 3.63) is 41.0 Å². The molecule has 1 heterocycles. The summed E-state index contributed by atoms with van der Waals surface area (Å²) in [6.07, 6.45) is 1.87. The first-order valence-electron chi connectivity index (χ1n) is 4.73. The fourth-order valence-corrected chi connectivity index (χ4v) is 1.95. The van der Waals surface area contributed by atoms with E-state index in [1.807, 2.05) is 30.5 Å². The van der Waals surface area contributed by atoms with Crippen molar-refractivity contribution in [1.29, 1.82) is 0 Å². The molecule has 0 spiro atoms.